The summed E-state index contributed by atoms with van der Waals surface area (Å²) in [7, 11) is 0. The van der Waals surface area contributed by atoms with Gasteiger partial charge in [0.2, 0.25) is 0 Å². The van der Waals surface area contributed by atoms with E-state index in [-0.39, 0.29) is 0 Å². The van der Waals surface area contributed by atoms with Crippen molar-refractivity contribution in [3.05, 3.63) is 46.7 Å². The van der Waals surface area contributed by atoms with Crippen molar-refractivity contribution in [2.24, 2.45) is 0 Å². The molecule has 19 heavy (non-hydrogen) atoms. The minimum atomic E-state index is 0.719. The molecule has 0 amide bonds. The molecule has 0 atom stereocenters. The molecule has 0 N–H and O–H groups in total. The average Bonchev–Trinajstić information content (AvgIpc) is 2.67. The Balaban J connectivity index is 2.34. The van der Waals surface area contributed by atoms with Crippen LogP contribution >= 0.6 is 24.2 Å². The van der Waals surface area contributed by atoms with Gasteiger partial charge in [-0.25, -0.2) is 9.50 Å². The smallest absolute Gasteiger partial charge is 0.164 e. The lowest BCUT2D eigenvalue weighted by Crippen LogP contribution is -1.95. The van der Waals surface area contributed by atoms with E-state index in [1.807, 2.05) is 44.2 Å². The second kappa shape index (κ2) is 4.54. The highest BCUT2D eigenvalue weighted by atomic mass is 35.5. The summed E-state index contributed by atoms with van der Waals surface area (Å²) >= 11 is 10.4. The molecule has 0 spiro atoms. The zero-order valence-electron chi connectivity index (χ0n) is 10.6. The molecule has 0 radical (unpaired) electrons. The summed E-state index contributed by atoms with van der Waals surface area (Å²) in [5.41, 5.74) is 4.76. The number of nitrogens with zero attached hydrogens (tertiary/aromatic N) is 3. The van der Waals surface area contributed by atoms with Gasteiger partial charge in [-0.05, 0) is 37.6 Å². The van der Waals surface area contributed by atoms with Crippen molar-refractivity contribution in [3.63, 3.8) is 0 Å². The van der Waals surface area contributed by atoms with Gasteiger partial charge in [-0.2, -0.15) is 5.10 Å². The first-order valence-electron chi connectivity index (χ1n) is 5.88. The molecule has 0 unspecified atom stereocenters. The third-order valence-electron chi connectivity index (χ3n) is 3.01. The fraction of sp³-hybridized carbons (Fsp3) is 0.143. The highest BCUT2D eigenvalue weighted by Gasteiger charge is 2.14. The maximum Gasteiger partial charge on any atom is 0.164 e. The minimum Gasteiger partial charge on any atom is -0.233 e. The van der Waals surface area contributed by atoms with Crippen LogP contribution in [0.3, 0.4) is 0 Å². The van der Waals surface area contributed by atoms with E-state index in [1.54, 1.807) is 4.52 Å². The standard InChI is InChI=1S/C14H12ClN3S/c1-8-7-12(19)18-14(16-8)13(9(2)17-18)10-3-5-11(15)6-4-10/h3-7,19H,1-2H3. The molecule has 0 bridgehead atoms. The van der Waals surface area contributed by atoms with Gasteiger partial charge >= 0.3 is 0 Å². The van der Waals surface area contributed by atoms with Crippen molar-refractivity contribution in [3.8, 4) is 11.1 Å². The molecule has 3 rings (SSSR count). The second-order valence-electron chi connectivity index (χ2n) is 4.46. The SMILES string of the molecule is Cc1cc(S)n2nc(C)c(-c3ccc(Cl)cc3)c2n1. The van der Waals surface area contributed by atoms with Crippen LogP contribution in [0.1, 0.15) is 11.4 Å². The van der Waals surface area contributed by atoms with Crippen molar-refractivity contribution in [1.29, 1.82) is 0 Å². The number of benzene rings is 1. The van der Waals surface area contributed by atoms with Crippen molar-refractivity contribution in [1.82, 2.24) is 14.6 Å². The van der Waals surface area contributed by atoms with E-state index in [0.717, 1.165) is 38.2 Å². The average molecular weight is 290 g/mol. The van der Waals surface area contributed by atoms with Gasteiger partial charge in [-0.1, -0.05) is 23.7 Å². The van der Waals surface area contributed by atoms with Crippen LogP contribution in [0.25, 0.3) is 16.8 Å². The van der Waals surface area contributed by atoms with Crippen LogP contribution in [0.15, 0.2) is 35.4 Å². The molecule has 3 aromatic rings. The van der Waals surface area contributed by atoms with Crippen molar-refractivity contribution >= 4 is 29.9 Å². The van der Waals surface area contributed by atoms with E-state index in [9.17, 15) is 0 Å². The number of hydrogen-bond donors (Lipinski definition) is 1. The summed E-state index contributed by atoms with van der Waals surface area (Å²) in [5, 5.41) is 6.00. The molecule has 0 fully saturated rings. The third-order valence-corrected chi connectivity index (χ3v) is 3.58. The number of aromatic nitrogens is 3. The second-order valence-corrected chi connectivity index (χ2v) is 5.35. The van der Waals surface area contributed by atoms with E-state index in [2.05, 4.69) is 22.7 Å². The molecule has 0 saturated carbocycles. The Bertz CT molecular complexity index is 762. The van der Waals surface area contributed by atoms with Crippen LogP contribution in [0.5, 0.6) is 0 Å². The number of halogens is 1. The number of rotatable bonds is 1. The zero-order valence-corrected chi connectivity index (χ0v) is 12.2. The zero-order chi connectivity index (χ0) is 13.6. The van der Waals surface area contributed by atoms with E-state index < -0.39 is 0 Å². The van der Waals surface area contributed by atoms with Gasteiger partial charge in [0.05, 0.1) is 10.7 Å². The van der Waals surface area contributed by atoms with E-state index in [4.69, 9.17) is 11.6 Å². The van der Waals surface area contributed by atoms with Crippen molar-refractivity contribution in [2.45, 2.75) is 18.9 Å². The Morgan fingerprint density at radius 2 is 1.84 bits per heavy atom. The molecule has 96 valence electrons. The van der Waals surface area contributed by atoms with Gasteiger partial charge in [0.25, 0.3) is 0 Å². The highest BCUT2D eigenvalue weighted by molar-refractivity contribution is 7.80. The normalized spacial score (nSPS) is 11.2. The quantitative estimate of drug-likeness (QED) is 0.543. The first-order chi connectivity index (χ1) is 9.06. The lowest BCUT2D eigenvalue weighted by Gasteiger charge is -2.03. The molecule has 0 aliphatic rings. The van der Waals surface area contributed by atoms with E-state index in [0.29, 0.717) is 0 Å². The molecule has 5 heteroatoms. The number of fused-ring (bicyclic) bond motifs is 1. The molecule has 0 aliphatic carbocycles. The number of thiol groups is 1. The Morgan fingerprint density at radius 3 is 2.53 bits per heavy atom. The van der Waals surface area contributed by atoms with Crippen molar-refractivity contribution < 1.29 is 0 Å². The number of hydrogen-bond acceptors (Lipinski definition) is 3. The van der Waals surface area contributed by atoms with Gasteiger partial charge in [0.15, 0.2) is 5.65 Å². The summed E-state index contributed by atoms with van der Waals surface area (Å²) in [6.45, 7) is 3.93. The molecule has 3 nitrogen and oxygen atoms in total. The van der Waals surface area contributed by atoms with Gasteiger partial charge in [-0.15, -0.1) is 12.6 Å². The maximum atomic E-state index is 5.93. The monoisotopic (exact) mass is 289 g/mol. The largest absolute Gasteiger partial charge is 0.233 e. The molecule has 2 aromatic heterocycles. The Hall–Kier alpha value is -1.52. The summed E-state index contributed by atoms with van der Waals surface area (Å²) in [4.78, 5) is 4.57. The fourth-order valence-corrected chi connectivity index (χ4v) is 2.63. The minimum absolute atomic E-state index is 0.719. The van der Waals surface area contributed by atoms with Gasteiger partial charge in [-0.3, -0.25) is 0 Å². The summed E-state index contributed by atoms with van der Waals surface area (Å²) in [6, 6.07) is 9.60. The van der Waals surface area contributed by atoms with Crippen LogP contribution in [0.4, 0.5) is 0 Å². The van der Waals surface area contributed by atoms with Crippen LogP contribution < -0.4 is 0 Å². The first kappa shape index (κ1) is 12.5. The van der Waals surface area contributed by atoms with Crippen LogP contribution in [-0.4, -0.2) is 14.6 Å². The molecular formula is C14H12ClN3S. The first-order valence-corrected chi connectivity index (χ1v) is 6.70. The topological polar surface area (TPSA) is 30.2 Å². The van der Waals surface area contributed by atoms with E-state index >= 15 is 0 Å². The third kappa shape index (κ3) is 2.11. The Labute approximate surface area is 121 Å². The molecular weight excluding hydrogens is 278 g/mol. The summed E-state index contributed by atoms with van der Waals surface area (Å²) in [6.07, 6.45) is 0. The number of aryl methyl sites for hydroxylation is 2. The Morgan fingerprint density at radius 1 is 1.16 bits per heavy atom. The predicted molar refractivity (Wildman–Crippen MR) is 80.2 cm³/mol. The van der Waals surface area contributed by atoms with Crippen LogP contribution in [-0.2, 0) is 0 Å². The molecule has 0 saturated heterocycles. The van der Waals surface area contributed by atoms with Crippen molar-refractivity contribution in [2.75, 3.05) is 0 Å². The fourth-order valence-electron chi connectivity index (χ4n) is 2.18. The van der Waals surface area contributed by atoms with E-state index in [1.165, 1.54) is 0 Å². The van der Waals surface area contributed by atoms with Crippen LogP contribution in [0.2, 0.25) is 5.02 Å². The summed E-state index contributed by atoms with van der Waals surface area (Å²) < 4.78 is 1.76. The highest BCUT2D eigenvalue weighted by Crippen LogP contribution is 2.29. The lowest BCUT2D eigenvalue weighted by atomic mass is 10.1. The van der Waals surface area contributed by atoms with Gasteiger partial charge in [0.1, 0.15) is 0 Å². The van der Waals surface area contributed by atoms with Gasteiger partial charge in [0, 0.05) is 16.3 Å². The maximum absolute atomic E-state index is 5.93. The molecule has 0 aliphatic heterocycles. The lowest BCUT2D eigenvalue weighted by molar-refractivity contribution is 0.824. The Kier molecular flexibility index (Phi) is 2.99. The van der Waals surface area contributed by atoms with Crippen LogP contribution in [0, 0.1) is 13.8 Å². The molecule has 2 heterocycles. The summed E-state index contributed by atoms with van der Waals surface area (Å²) in [5.74, 6) is 0. The predicted octanol–water partition coefficient (Wildman–Crippen LogP) is 3.96. The molecule has 1 aromatic carbocycles. The van der Waals surface area contributed by atoms with Gasteiger partial charge < -0.3 is 0 Å².